The molecule has 0 aliphatic heterocycles. The first-order valence-corrected chi connectivity index (χ1v) is 4.58. The van der Waals surface area contributed by atoms with E-state index in [1.54, 1.807) is 23.0 Å². The first kappa shape index (κ1) is 6.82. The van der Waals surface area contributed by atoms with Crippen molar-refractivity contribution in [3.05, 3.63) is 0 Å². The van der Waals surface area contributed by atoms with Crippen molar-refractivity contribution >= 4 is 23.0 Å². The molecule has 0 aromatic carbocycles. The van der Waals surface area contributed by atoms with Crippen LogP contribution >= 0.6 is 0 Å². The minimum absolute atomic E-state index is 1.37. The van der Waals surface area contributed by atoms with Crippen LogP contribution in [0.4, 0.5) is 0 Å². The molecule has 0 amide bonds. The van der Waals surface area contributed by atoms with Crippen molar-refractivity contribution in [3.8, 4) is 0 Å². The van der Waals surface area contributed by atoms with Gasteiger partial charge < -0.3 is 0 Å². The van der Waals surface area contributed by atoms with E-state index in [-0.39, 0.29) is 0 Å². The Balaban J connectivity index is 2.34. The monoisotopic (exact) mass is 193 g/mol. The molecule has 37 valence electrons. The third-order valence-electron chi connectivity index (χ3n) is 0.780. The van der Waals surface area contributed by atoms with Gasteiger partial charge in [-0.05, 0) is 0 Å². The van der Waals surface area contributed by atoms with E-state index in [2.05, 4.69) is 6.92 Å². The van der Waals surface area contributed by atoms with Crippen LogP contribution in [0.25, 0.3) is 0 Å². The van der Waals surface area contributed by atoms with Crippen molar-refractivity contribution in [1.82, 2.24) is 0 Å². The molecule has 0 unspecified atom stereocenters. The Morgan fingerprint density at radius 3 is 2.17 bits per heavy atom. The van der Waals surface area contributed by atoms with Crippen LogP contribution in [0.1, 0.15) is 26.2 Å². The molecule has 0 N–H and O–H groups in total. The maximum atomic E-state index is 2.24. The van der Waals surface area contributed by atoms with E-state index < -0.39 is 0 Å². The van der Waals surface area contributed by atoms with Crippen LogP contribution in [0.15, 0.2) is 0 Å². The summed E-state index contributed by atoms with van der Waals surface area (Å²) in [6.07, 6.45) is 4.26. The maximum absolute atomic E-state index is 2.24. The van der Waals surface area contributed by atoms with Gasteiger partial charge in [-0.3, -0.25) is 0 Å². The van der Waals surface area contributed by atoms with Crippen LogP contribution < -0.4 is 0 Å². The van der Waals surface area contributed by atoms with Gasteiger partial charge in [0.05, 0.1) is 0 Å². The van der Waals surface area contributed by atoms with E-state index in [9.17, 15) is 0 Å². The van der Waals surface area contributed by atoms with Gasteiger partial charge in [-0.1, -0.05) is 0 Å². The SMILES string of the molecule is CCCC[CH2][SbH]. The molecule has 0 nitrogen and oxygen atoms in total. The zero-order valence-electron chi connectivity index (χ0n) is 4.33. The Hall–Kier alpha value is 0.818. The van der Waals surface area contributed by atoms with Crippen molar-refractivity contribution < 1.29 is 0 Å². The molecule has 0 rings (SSSR count). The van der Waals surface area contributed by atoms with Gasteiger partial charge in [0.15, 0.2) is 0 Å². The third kappa shape index (κ3) is 4.82. The molecule has 1 radical (unpaired) electrons. The summed E-state index contributed by atoms with van der Waals surface area (Å²) in [4.78, 5) is 0. The second kappa shape index (κ2) is 5.82. The molecule has 1 heteroatoms. The summed E-state index contributed by atoms with van der Waals surface area (Å²) < 4.78 is 1.44. The molecular weight excluding hydrogens is 182 g/mol. The van der Waals surface area contributed by atoms with Crippen molar-refractivity contribution in [3.63, 3.8) is 0 Å². The summed E-state index contributed by atoms with van der Waals surface area (Å²) in [6.45, 7) is 2.24. The van der Waals surface area contributed by atoms with Crippen molar-refractivity contribution in [2.45, 2.75) is 30.6 Å². The number of hydrogen-bond donors (Lipinski definition) is 0. The van der Waals surface area contributed by atoms with E-state index in [0.29, 0.717) is 0 Å². The van der Waals surface area contributed by atoms with Crippen LogP contribution in [0.3, 0.4) is 0 Å². The van der Waals surface area contributed by atoms with Gasteiger partial charge in [0.25, 0.3) is 0 Å². The zero-order chi connectivity index (χ0) is 4.83. The van der Waals surface area contributed by atoms with Crippen molar-refractivity contribution in [2.24, 2.45) is 0 Å². The molecule has 0 atom stereocenters. The van der Waals surface area contributed by atoms with Crippen LogP contribution in [-0.2, 0) is 0 Å². The molecule has 0 aliphatic rings. The van der Waals surface area contributed by atoms with Gasteiger partial charge in [-0.15, -0.1) is 0 Å². The second-order valence-corrected chi connectivity index (χ2v) is 2.88. The van der Waals surface area contributed by atoms with Crippen LogP contribution in [0.2, 0.25) is 4.37 Å². The van der Waals surface area contributed by atoms with E-state index >= 15 is 0 Å². The van der Waals surface area contributed by atoms with Crippen LogP contribution in [0, 0.1) is 0 Å². The molecular formula is C5H12Sb. The van der Waals surface area contributed by atoms with Gasteiger partial charge in [-0.2, -0.15) is 0 Å². The molecule has 6 heavy (non-hydrogen) atoms. The summed E-state index contributed by atoms with van der Waals surface area (Å²) in [7, 11) is 0. The van der Waals surface area contributed by atoms with E-state index in [1.165, 1.54) is 23.6 Å². The molecule has 0 saturated heterocycles. The first-order valence-electron chi connectivity index (χ1n) is 2.56. The molecule has 0 aromatic rings. The number of unbranched alkanes of at least 4 members (excludes halogenated alkanes) is 2. The molecule has 0 aromatic heterocycles. The van der Waals surface area contributed by atoms with Crippen LogP contribution in [-0.4, -0.2) is 23.0 Å². The predicted molar refractivity (Wildman–Crippen MR) is 31.5 cm³/mol. The second-order valence-electron chi connectivity index (χ2n) is 1.46. The topological polar surface area (TPSA) is 0 Å². The summed E-state index contributed by atoms with van der Waals surface area (Å²) in [6, 6.07) is 0. The van der Waals surface area contributed by atoms with Crippen molar-refractivity contribution in [2.75, 3.05) is 0 Å². The molecule has 0 heterocycles. The Bertz CT molecular complexity index is 15.9. The fourth-order valence-corrected chi connectivity index (χ4v) is 1.09. The molecule has 0 spiro atoms. The molecule has 0 bridgehead atoms. The van der Waals surface area contributed by atoms with E-state index in [4.69, 9.17) is 0 Å². The fourth-order valence-electron chi connectivity index (χ4n) is 0.375. The van der Waals surface area contributed by atoms with Gasteiger partial charge in [0, 0.05) is 0 Å². The first-order chi connectivity index (χ1) is 2.91. The Morgan fingerprint density at radius 1 is 1.33 bits per heavy atom. The zero-order valence-corrected chi connectivity index (χ0v) is 7.18. The fraction of sp³-hybridized carbons (Fsp3) is 1.00. The summed E-state index contributed by atoms with van der Waals surface area (Å²) in [5.41, 5.74) is 0. The third-order valence-corrected chi connectivity index (χ3v) is 1.79. The Morgan fingerprint density at radius 2 is 2.00 bits per heavy atom. The quantitative estimate of drug-likeness (QED) is 0.471. The number of rotatable bonds is 3. The summed E-state index contributed by atoms with van der Waals surface area (Å²) >= 11 is 1.69. The van der Waals surface area contributed by atoms with E-state index in [1.807, 2.05) is 0 Å². The molecule has 0 fully saturated rings. The Kier molecular flexibility index (Phi) is 6.61. The van der Waals surface area contributed by atoms with Gasteiger partial charge in [0.2, 0.25) is 0 Å². The van der Waals surface area contributed by atoms with Gasteiger partial charge in [0.1, 0.15) is 0 Å². The average Bonchev–Trinajstić information content (AvgIpc) is 1.61. The molecule has 0 aliphatic carbocycles. The normalized spacial score (nSPS) is 9.00. The minimum atomic E-state index is 1.37. The predicted octanol–water partition coefficient (Wildman–Crippen LogP) is 1.50. The van der Waals surface area contributed by atoms with Crippen molar-refractivity contribution in [1.29, 1.82) is 0 Å². The van der Waals surface area contributed by atoms with E-state index in [0.717, 1.165) is 0 Å². The standard InChI is InChI=1S/C5H11.Sb.H/c1-3-5-4-2;;/h1,3-5H2,2H3;;. The average molecular weight is 194 g/mol. The Labute approximate surface area is 53.8 Å². The van der Waals surface area contributed by atoms with Gasteiger partial charge in [-0.25, -0.2) is 0 Å². The molecule has 0 saturated carbocycles. The van der Waals surface area contributed by atoms with Gasteiger partial charge >= 0.3 is 53.6 Å². The number of hydrogen-bond acceptors (Lipinski definition) is 0. The summed E-state index contributed by atoms with van der Waals surface area (Å²) in [5.74, 6) is 0. The van der Waals surface area contributed by atoms with Crippen LogP contribution in [0.5, 0.6) is 0 Å². The summed E-state index contributed by atoms with van der Waals surface area (Å²) in [5, 5.41) is 0.